The highest BCUT2D eigenvalue weighted by Gasteiger charge is 2.01. The van der Waals surface area contributed by atoms with Crippen LogP contribution in [0.4, 0.5) is 0 Å². The van der Waals surface area contributed by atoms with Gasteiger partial charge in [0.15, 0.2) is 0 Å². The minimum absolute atomic E-state index is 0.865. The van der Waals surface area contributed by atoms with Crippen LogP contribution in [0.2, 0.25) is 0 Å². The highest BCUT2D eigenvalue weighted by atomic mass is 32.1. The second-order valence-corrected chi connectivity index (χ2v) is 4.11. The largest absolute Gasteiger partial charge is 0.143 e. The molecule has 0 saturated heterocycles. The van der Waals surface area contributed by atoms with Crippen molar-refractivity contribution < 1.29 is 0 Å². The summed E-state index contributed by atoms with van der Waals surface area (Å²) < 4.78 is 0. The predicted octanol–water partition coefficient (Wildman–Crippen LogP) is 4.10. The molecule has 0 aliphatic heterocycles. The fourth-order valence-corrected chi connectivity index (χ4v) is 1.96. The van der Waals surface area contributed by atoms with Crippen molar-refractivity contribution in [3.63, 3.8) is 0 Å². The monoisotopic (exact) mass is 236 g/mol. The highest BCUT2D eigenvalue weighted by molar-refractivity contribution is 7.90. The van der Waals surface area contributed by atoms with E-state index in [4.69, 9.17) is 6.42 Å². The zero-order chi connectivity index (χ0) is 12.1. The van der Waals surface area contributed by atoms with Gasteiger partial charge in [0.1, 0.15) is 0 Å². The van der Waals surface area contributed by atoms with Crippen molar-refractivity contribution in [2.75, 3.05) is 0 Å². The minimum Gasteiger partial charge on any atom is -0.143 e. The molecule has 0 heterocycles. The van der Waals surface area contributed by atoms with Crippen LogP contribution in [-0.4, -0.2) is 0 Å². The van der Waals surface area contributed by atoms with Gasteiger partial charge in [-0.15, -0.1) is 19.1 Å². The van der Waals surface area contributed by atoms with Gasteiger partial charge in [-0.1, -0.05) is 54.5 Å². The molecule has 0 aromatic heterocycles. The smallest absolute Gasteiger partial charge is 0.0326 e. The lowest BCUT2D eigenvalue weighted by Gasteiger charge is -2.04. The van der Waals surface area contributed by atoms with Crippen LogP contribution in [-0.2, 0) is 0 Å². The summed E-state index contributed by atoms with van der Waals surface area (Å²) >= 11 is 4.52. The molecule has 2 aromatic carbocycles. The Bertz CT molecular complexity index is 574. The first kappa shape index (κ1) is 11.6. The number of rotatable bonds is 2. The van der Waals surface area contributed by atoms with E-state index in [1.807, 2.05) is 60.7 Å². The van der Waals surface area contributed by atoms with Crippen molar-refractivity contribution in [2.24, 2.45) is 0 Å². The van der Waals surface area contributed by atoms with Crippen LogP contribution in [0.25, 0.3) is 11.0 Å². The van der Waals surface area contributed by atoms with E-state index >= 15 is 0 Å². The molecule has 0 bridgehead atoms. The molecule has 2 aromatic rings. The Labute approximate surface area is 107 Å². The normalized spacial score (nSPS) is 10.9. The first-order valence-corrected chi connectivity index (χ1v) is 5.77. The maximum Gasteiger partial charge on any atom is 0.0326 e. The van der Waals surface area contributed by atoms with Gasteiger partial charge in [0.05, 0.1) is 0 Å². The van der Waals surface area contributed by atoms with E-state index in [9.17, 15) is 0 Å². The van der Waals surface area contributed by atoms with Gasteiger partial charge in [0.2, 0.25) is 0 Å². The van der Waals surface area contributed by atoms with Gasteiger partial charge < -0.3 is 0 Å². The predicted molar refractivity (Wildman–Crippen MR) is 77.7 cm³/mol. The first-order chi connectivity index (χ1) is 8.31. The zero-order valence-electron chi connectivity index (χ0n) is 9.30. The summed E-state index contributed by atoms with van der Waals surface area (Å²) in [6, 6.07) is 17.9. The first-order valence-electron chi connectivity index (χ1n) is 5.33. The Morgan fingerprint density at radius 1 is 1.00 bits per heavy atom. The summed E-state index contributed by atoms with van der Waals surface area (Å²) in [5, 5.41) is 0. The van der Waals surface area contributed by atoms with Crippen molar-refractivity contribution in [3.8, 4) is 12.3 Å². The number of hydrogen-bond donors (Lipinski definition) is 1. The second kappa shape index (κ2) is 5.43. The van der Waals surface area contributed by atoms with E-state index in [-0.39, 0.29) is 0 Å². The van der Waals surface area contributed by atoms with E-state index in [1.54, 1.807) is 0 Å². The molecular weight excluding hydrogens is 224 g/mol. The molecule has 0 atom stereocenters. The second-order valence-electron chi connectivity index (χ2n) is 3.63. The molecule has 0 saturated carbocycles. The maximum atomic E-state index is 5.47. The Morgan fingerprint density at radius 2 is 1.65 bits per heavy atom. The molecule has 0 spiro atoms. The molecule has 0 amide bonds. The lowest BCUT2D eigenvalue weighted by Crippen LogP contribution is -1.84. The van der Waals surface area contributed by atoms with Crippen molar-refractivity contribution >= 4 is 23.6 Å². The Morgan fingerprint density at radius 3 is 2.35 bits per heavy atom. The molecule has 0 aliphatic carbocycles. The molecule has 0 fully saturated rings. The topological polar surface area (TPSA) is 0 Å². The van der Waals surface area contributed by atoms with Gasteiger partial charge >= 0.3 is 0 Å². The lowest BCUT2D eigenvalue weighted by molar-refractivity contribution is 1.59. The van der Waals surface area contributed by atoms with Crippen LogP contribution in [0.5, 0.6) is 0 Å². The van der Waals surface area contributed by atoms with Crippen molar-refractivity contribution in [1.82, 2.24) is 0 Å². The lowest BCUT2D eigenvalue weighted by atomic mass is 10.1. The van der Waals surface area contributed by atoms with Gasteiger partial charge in [-0.2, -0.15) is 0 Å². The maximum absolute atomic E-state index is 5.47. The van der Waals surface area contributed by atoms with Crippen LogP contribution in [0, 0.1) is 12.3 Å². The summed E-state index contributed by atoms with van der Waals surface area (Å²) in [5.74, 6) is 2.67. The van der Waals surface area contributed by atoms with Crippen LogP contribution < -0.4 is 0 Å². The molecule has 0 aliphatic rings. The molecular formula is C16H12S. The van der Waals surface area contributed by atoms with Gasteiger partial charge in [0.25, 0.3) is 0 Å². The van der Waals surface area contributed by atoms with Gasteiger partial charge in [-0.05, 0) is 17.7 Å². The van der Waals surface area contributed by atoms with Crippen LogP contribution in [0.1, 0.15) is 16.7 Å². The van der Waals surface area contributed by atoms with Crippen LogP contribution in [0.15, 0.2) is 54.6 Å². The average Bonchev–Trinajstić information content (AvgIpc) is 2.40. The minimum atomic E-state index is 0.865. The quantitative estimate of drug-likeness (QED) is 0.453. The summed E-state index contributed by atoms with van der Waals surface area (Å²) in [5.41, 5.74) is 2.97. The fraction of sp³-hybridized carbons (Fsp3) is 0. The Hall–Kier alpha value is -1.91. The van der Waals surface area contributed by atoms with E-state index in [0.29, 0.717) is 0 Å². The van der Waals surface area contributed by atoms with E-state index in [2.05, 4.69) is 18.5 Å². The molecule has 2 rings (SSSR count). The van der Waals surface area contributed by atoms with Crippen molar-refractivity contribution in [1.29, 1.82) is 0 Å². The molecule has 17 heavy (non-hydrogen) atoms. The summed E-state index contributed by atoms with van der Waals surface area (Å²) in [7, 11) is 0. The number of benzene rings is 2. The standard InChI is InChI=1S/C16H12S/c1-2-14-10-6-7-11-15(14)16(17)12-13-8-4-3-5-9-13/h1,3-12,17H/b16-12-. The number of hydrogen-bond acceptors (Lipinski definition) is 1. The average molecular weight is 236 g/mol. The molecule has 0 nitrogen and oxygen atoms in total. The Kier molecular flexibility index (Phi) is 3.69. The number of terminal acetylenes is 1. The third-order valence-electron chi connectivity index (χ3n) is 2.46. The van der Waals surface area contributed by atoms with Crippen LogP contribution in [0.3, 0.4) is 0 Å². The van der Waals surface area contributed by atoms with E-state index in [1.165, 1.54) is 0 Å². The fourth-order valence-electron chi connectivity index (χ4n) is 1.62. The SMILES string of the molecule is C#Cc1ccccc1/C(S)=C/c1ccccc1. The molecule has 0 unspecified atom stereocenters. The summed E-state index contributed by atoms with van der Waals surface area (Å²) in [6.07, 6.45) is 7.48. The van der Waals surface area contributed by atoms with E-state index in [0.717, 1.165) is 21.6 Å². The number of thiol groups is 1. The van der Waals surface area contributed by atoms with Gasteiger partial charge in [-0.25, -0.2) is 0 Å². The zero-order valence-corrected chi connectivity index (χ0v) is 10.2. The van der Waals surface area contributed by atoms with E-state index < -0.39 is 0 Å². The molecule has 82 valence electrons. The van der Waals surface area contributed by atoms with Gasteiger partial charge in [-0.3, -0.25) is 0 Å². The molecule has 1 heteroatoms. The highest BCUT2D eigenvalue weighted by Crippen LogP contribution is 2.24. The third-order valence-corrected chi connectivity index (χ3v) is 2.83. The Balaban J connectivity index is 2.41. The summed E-state index contributed by atoms with van der Waals surface area (Å²) in [6.45, 7) is 0. The molecule has 0 N–H and O–H groups in total. The molecule has 0 radical (unpaired) electrons. The van der Waals surface area contributed by atoms with Crippen molar-refractivity contribution in [2.45, 2.75) is 0 Å². The van der Waals surface area contributed by atoms with Crippen molar-refractivity contribution in [3.05, 3.63) is 71.3 Å². The van der Waals surface area contributed by atoms with Crippen LogP contribution >= 0.6 is 12.6 Å². The third kappa shape index (κ3) is 2.81. The van der Waals surface area contributed by atoms with Gasteiger partial charge in [0, 0.05) is 16.0 Å². The summed E-state index contributed by atoms with van der Waals surface area (Å²) in [4.78, 5) is 0.879.